The Morgan fingerprint density at radius 3 is 1.62 bits per heavy atom. The van der Waals surface area contributed by atoms with Crippen LogP contribution in [0.3, 0.4) is 0 Å². The van der Waals surface area contributed by atoms with Crippen LogP contribution >= 0.6 is 0 Å². The van der Waals surface area contributed by atoms with Crippen LogP contribution in [0, 0.1) is 0 Å². The van der Waals surface area contributed by atoms with Crippen LogP contribution in [-0.4, -0.2) is 16.8 Å². The molecule has 0 aliphatic rings. The Bertz CT molecular complexity index is 1170. The monoisotopic (exact) mass is 388 g/mol. The van der Waals surface area contributed by atoms with E-state index in [1.54, 1.807) is 6.07 Å². The second-order valence-electron chi connectivity index (χ2n) is 5.60. The first-order chi connectivity index (χ1) is 12.2. The minimum absolute atomic E-state index is 0.0399. The Labute approximate surface area is 151 Å². The van der Waals surface area contributed by atoms with Crippen LogP contribution in [0.5, 0.6) is 0 Å². The summed E-state index contributed by atoms with van der Waals surface area (Å²) in [6.07, 6.45) is 0. The average Bonchev–Trinajstić information content (AvgIpc) is 2.62. The standard InChI is InChI=1S/C18H16N2O4S2/c19-13-8-10-15(11-9-13)25(21,22)17-6-1-2-7-18(17)26(23,24)16-5-3-4-14(20)12-16/h1-12H,19-20H2. The molecule has 3 aromatic rings. The molecule has 0 fully saturated rings. The fourth-order valence-electron chi connectivity index (χ4n) is 2.48. The summed E-state index contributed by atoms with van der Waals surface area (Å²) in [6, 6.07) is 16.8. The molecule has 6 nitrogen and oxygen atoms in total. The highest BCUT2D eigenvalue weighted by molar-refractivity contribution is 7.94. The highest BCUT2D eigenvalue weighted by Gasteiger charge is 2.28. The van der Waals surface area contributed by atoms with Gasteiger partial charge in [0.25, 0.3) is 0 Å². The first kappa shape index (κ1) is 18.0. The van der Waals surface area contributed by atoms with Gasteiger partial charge in [0.05, 0.1) is 19.6 Å². The summed E-state index contributed by atoms with van der Waals surface area (Å²) < 4.78 is 52.0. The topological polar surface area (TPSA) is 120 Å². The van der Waals surface area contributed by atoms with E-state index in [1.165, 1.54) is 66.7 Å². The van der Waals surface area contributed by atoms with Crippen molar-refractivity contribution in [2.75, 3.05) is 11.5 Å². The van der Waals surface area contributed by atoms with Crippen LogP contribution in [0.1, 0.15) is 0 Å². The number of anilines is 2. The SMILES string of the molecule is Nc1ccc(S(=O)(=O)c2ccccc2S(=O)(=O)c2cccc(N)c2)cc1. The normalized spacial score (nSPS) is 12.0. The lowest BCUT2D eigenvalue weighted by molar-refractivity contribution is 0.582. The molecule has 8 heteroatoms. The number of nitrogen functional groups attached to an aromatic ring is 2. The van der Waals surface area contributed by atoms with Gasteiger partial charge >= 0.3 is 0 Å². The van der Waals surface area contributed by atoms with Crippen LogP contribution in [0.4, 0.5) is 11.4 Å². The summed E-state index contributed by atoms with van der Waals surface area (Å²) >= 11 is 0. The van der Waals surface area contributed by atoms with Gasteiger partial charge in [-0.1, -0.05) is 18.2 Å². The molecular formula is C18H16N2O4S2. The third-order valence-electron chi connectivity index (χ3n) is 3.79. The zero-order valence-corrected chi connectivity index (χ0v) is 15.2. The van der Waals surface area contributed by atoms with Crippen molar-refractivity contribution >= 4 is 31.0 Å². The van der Waals surface area contributed by atoms with Crippen LogP contribution in [0.25, 0.3) is 0 Å². The lowest BCUT2D eigenvalue weighted by Crippen LogP contribution is -2.11. The van der Waals surface area contributed by atoms with E-state index < -0.39 is 19.7 Å². The van der Waals surface area contributed by atoms with Gasteiger partial charge in [-0.3, -0.25) is 0 Å². The van der Waals surface area contributed by atoms with E-state index >= 15 is 0 Å². The quantitative estimate of drug-likeness (QED) is 0.663. The maximum absolute atomic E-state index is 13.0. The van der Waals surface area contributed by atoms with Crippen molar-refractivity contribution in [1.82, 2.24) is 0 Å². The van der Waals surface area contributed by atoms with Crippen LogP contribution in [0.2, 0.25) is 0 Å². The molecule has 0 radical (unpaired) electrons. The molecule has 0 unspecified atom stereocenters. The molecular weight excluding hydrogens is 372 g/mol. The van der Waals surface area contributed by atoms with Crippen LogP contribution in [-0.2, 0) is 19.7 Å². The molecule has 0 aliphatic carbocycles. The Hall–Kier alpha value is -2.84. The van der Waals surface area contributed by atoms with Crippen LogP contribution in [0.15, 0.2) is 92.4 Å². The third kappa shape index (κ3) is 3.16. The highest BCUT2D eigenvalue weighted by Crippen LogP contribution is 2.31. The second kappa shape index (κ2) is 6.47. The number of benzene rings is 3. The van der Waals surface area contributed by atoms with Crippen LogP contribution < -0.4 is 11.5 Å². The molecule has 0 amide bonds. The summed E-state index contributed by atoms with van der Waals surface area (Å²) in [7, 11) is -8.13. The lowest BCUT2D eigenvalue weighted by Gasteiger charge is -2.12. The number of nitrogens with two attached hydrogens (primary N) is 2. The molecule has 3 aromatic carbocycles. The molecule has 26 heavy (non-hydrogen) atoms. The van der Waals surface area contributed by atoms with Gasteiger partial charge in [-0.25, -0.2) is 16.8 Å². The van der Waals surface area contributed by atoms with E-state index in [2.05, 4.69) is 0 Å². The summed E-state index contributed by atoms with van der Waals surface area (Å²) in [5.41, 5.74) is 11.9. The van der Waals surface area contributed by atoms with Crippen molar-refractivity contribution in [2.24, 2.45) is 0 Å². The Balaban J connectivity index is 2.22. The predicted octanol–water partition coefficient (Wildman–Crippen LogP) is 2.52. The van der Waals surface area contributed by atoms with Crippen molar-refractivity contribution < 1.29 is 16.8 Å². The average molecular weight is 388 g/mol. The van der Waals surface area contributed by atoms with Crippen molar-refractivity contribution in [3.05, 3.63) is 72.8 Å². The predicted molar refractivity (Wildman–Crippen MR) is 99.1 cm³/mol. The zero-order chi connectivity index (χ0) is 18.9. The van der Waals surface area contributed by atoms with Gasteiger partial charge < -0.3 is 11.5 Å². The van der Waals surface area contributed by atoms with Crippen molar-refractivity contribution in [3.8, 4) is 0 Å². The van der Waals surface area contributed by atoms with Gasteiger partial charge in [0.2, 0.25) is 19.7 Å². The fourth-order valence-corrected chi connectivity index (χ4v) is 5.87. The minimum atomic E-state index is -4.08. The minimum Gasteiger partial charge on any atom is -0.399 e. The number of rotatable bonds is 4. The first-order valence-corrected chi connectivity index (χ1v) is 10.5. The summed E-state index contributed by atoms with van der Waals surface area (Å²) in [4.78, 5) is -0.714. The smallest absolute Gasteiger partial charge is 0.207 e. The number of hydrogen-bond donors (Lipinski definition) is 2. The van der Waals surface area contributed by atoms with E-state index in [9.17, 15) is 16.8 Å². The summed E-state index contributed by atoms with van der Waals surface area (Å²) in [5, 5.41) is 0. The van der Waals surface area contributed by atoms with E-state index in [1.807, 2.05) is 0 Å². The molecule has 0 aromatic heterocycles. The third-order valence-corrected chi connectivity index (χ3v) is 7.55. The van der Waals surface area contributed by atoms with E-state index in [0.717, 1.165) is 0 Å². The van der Waals surface area contributed by atoms with Crippen molar-refractivity contribution in [3.63, 3.8) is 0 Å². The van der Waals surface area contributed by atoms with Gasteiger partial charge in [0.15, 0.2) is 0 Å². The Kier molecular flexibility index (Phi) is 4.47. The molecule has 0 bridgehead atoms. The molecule has 134 valence electrons. The molecule has 0 saturated carbocycles. The maximum atomic E-state index is 13.0. The molecule has 0 atom stereocenters. The number of hydrogen-bond acceptors (Lipinski definition) is 6. The van der Waals surface area contributed by atoms with Gasteiger partial charge in [-0.15, -0.1) is 0 Å². The highest BCUT2D eigenvalue weighted by atomic mass is 32.2. The zero-order valence-electron chi connectivity index (χ0n) is 13.5. The lowest BCUT2D eigenvalue weighted by atomic mass is 10.3. The Morgan fingerprint density at radius 1 is 0.538 bits per heavy atom. The molecule has 0 aliphatic heterocycles. The van der Waals surface area contributed by atoms with Crippen molar-refractivity contribution in [1.29, 1.82) is 0 Å². The summed E-state index contributed by atoms with van der Waals surface area (Å²) in [5.74, 6) is 0. The molecule has 0 spiro atoms. The largest absolute Gasteiger partial charge is 0.399 e. The summed E-state index contributed by atoms with van der Waals surface area (Å²) in [6.45, 7) is 0. The van der Waals surface area contributed by atoms with Gasteiger partial charge in [-0.2, -0.15) is 0 Å². The van der Waals surface area contributed by atoms with E-state index in [0.29, 0.717) is 5.69 Å². The number of sulfone groups is 2. The Morgan fingerprint density at radius 2 is 1.08 bits per heavy atom. The first-order valence-electron chi connectivity index (χ1n) is 7.53. The maximum Gasteiger partial charge on any atom is 0.207 e. The molecule has 0 heterocycles. The molecule has 4 N–H and O–H groups in total. The molecule has 3 rings (SSSR count). The van der Waals surface area contributed by atoms with Gasteiger partial charge in [0, 0.05) is 11.4 Å². The van der Waals surface area contributed by atoms with Gasteiger partial charge in [-0.05, 0) is 54.6 Å². The van der Waals surface area contributed by atoms with Gasteiger partial charge in [0.1, 0.15) is 0 Å². The van der Waals surface area contributed by atoms with E-state index in [4.69, 9.17) is 11.5 Å². The second-order valence-corrected chi connectivity index (χ2v) is 9.43. The van der Waals surface area contributed by atoms with Crippen molar-refractivity contribution in [2.45, 2.75) is 19.6 Å². The molecule has 0 saturated heterocycles. The fraction of sp³-hybridized carbons (Fsp3) is 0. The van der Waals surface area contributed by atoms with E-state index in [-0.39, 0.29) is 25.3 Å².